The summed E-state index contributed by atoms with van der Waals surface area (Å²) in [6, 6.07) is 2.88. The summed E-state index contributed by atoms with van der Waals surface area (Å²) in [5, 5.41) is 0. The quantitative estimate of drug-likeness (QED) is 0.455. The van der Waals surface area contributed by atoms with Gasteiger partial charge in [-0.2, -0.15) is 0 Å². The van der Waals surface area contributed by atoms with Gasteiger partial charge in [-0.1, -0.05) is 12.2 Å². The summed E-state index contributed by atoms with van der Waals surface area (Å²) in [4.78, 5) is 0. The average Bonchev–Trinajstić information content (AvgIpc) is 2.67. The van der Waals surface area contributed by atoms with E-state index in [1.807, 2.05) is 6.08 Å². The molecule has 0 radical (unpaired) electrons. The third kappa shape index (κ3) is 5.40. The van der Waals surface area contributed by atoms with Gasteiger partial charge in [-0.25, -0.2) is 13.2 Å². The molecule has 1 aromatic rings. The van der Waals surface area contributed by atoms with Crippen LogP contribution in [0.25, 0.3) is 0 Å². The van der Waals surface area contributed by atoms with Crippen LogP contribution in [0.5, 0.6) is 5.75 Å². The Balaban J connectivity index is 1.57. The summed E-state index contributed by atoms with van der Waals surface area (Å²) >= 11 is 0. The molecule has 1 fully saturated rings. The Morgan fingerprint density at radius 3 is 2.30 bits per heavy atom. The van der Waals surface area contributed by atoms with Gasteiger partial charge >= 0.3 is 0 Å². The van der Waals surface area contributed by atoms with Crippen molar-refractivity contribution >= 4 is 0 Å². The topological polar surface area (TPSA) is 9.23 Å². The molecule has 0 aliphatic heterocycles. The first kappa shape index (κ1) is 20.0. The van der Waals surface area contributed by atoms with Gasteiger partial charge in [0, 0.05) is 0 Å². The second-order valence-electron chi connectivity index (χ2n) is 8.00. The minimum absolute atomic E-state index is 0.104. The molecular formula is C23H29F3O. The second kappa shape index (κ2) is 9.48. The monoisotopic (exact) mass is 378 g/mol. The number of ether oxygens (including phenoxy) is 1. The van der Waals surface area contributed by atoms with Crippen LogP contribution in [0.15, 0.2) is 36.7 Å². The maximum Gasteiger partial charge on any atom is 0.190 e. The van der Waals surface area contributed by atoms with Crippen LogP contribution in [0.1, 0.15) is 69.3 Å². The fraction of sp³-hybridized carbons (Fsp3) is 0.565. The van der Waals surface area contributed by atoms with E-state index in [0.717, 1.165) is 44.1 Å². The first-order chi connectivity index (χ1) is 13.1. The van der Waals surface area contributed by atoms with Crippen molar-refractivity contribution in [1.29, 1.82) is 0 Å². The molecule has 0 saturated heterocycles. The summed E-state index contributed by atoms with van der Waals surface area (Å²) in [6.07, 6.45) is 11.4. The van der Waals surface area contributed by atoms with Gasteiger partial charge in [0.15, 0.2) is 17.4 Å². The zero-order valence-corrected chi connectivity index (χ0v) is 15.9. The van der Waals surface area contributed by atoms with Gasteiger partial charge in [-0.05, 0) is 93.2 Å². The van der Waals surface area contributed by atoms with Gasteiger partial charge in [-0.3, -0.25) is 0 Å². The van der Waals surface area contributed by atoms with Crippen LogP contribution in [0, 0.1) is 23.5 Å². The minimum Gasteiger partial charge on any atom is -0.487 e. The number of halogens is 3. The summed E-state index contributed by atoms with van der Waals surface area (Å²) in [7, 11) is 0. The Morgan fingerprint density at radius 1 is 1.00 bits per heavy atom. The van der Waals surface area contributed by atoms with Crippen LogP contribution in [-0.2, 0) is 0 Å². The molecule has 1 saturated carbocycles. The lowest BCUT2D eigenvalue weighted by molar-refractivity contribution is 0.215. The Bertz CT molecular complexity index is 651. The van der Waals surface area contributed by atoms with Crippen molar-refractivity contribution in [2.45, 2.75) is 63.7 Å². The van der Waals surface area contributed by atoms with E-state index in [9.17, 15) is 13.2 Å². The third-order valence-electron chi connectivity index (χ3n) is 6.05. The largest absolute Gasteiger partial charge is 0.487 e. The highest BCUT2D eigenvalue weighted by Gasteiger charge is 2.25. The molecule has 4 heteroatoms. The van der Waals surface area contributed by atoms with Crippen LogP contribution in [0.4, 0.5) is 13.2 Å². The van der Waals surface area contributed by atoms with Crippen LogP contribution in [0.3, 0.4) is 0 Å². The Labute approximate surface area is 160 Å². The van der Waals surface area contributed by atoms with Crippen LogP contribution >= 0.6 is 0 Å². The number of hydrogen-bond acceptors (Lipinski definition) is 1. The summed E-state index contributed by atoms with van der Waals surface area (Å²) in [5.74, 6) is -0.637. The van der Waals surface area contributed by atoms with Gasteiger partial charge < -0.3 is 4.74 Å². The number of rotatable bonds is 7. The fourth-order valence-corrected chi connectivity index (χ4v) is 4.30. The Morgan fingerprint density at radius 2 is 1.70 bits per heavy atom. The highest BCUT2D eigenvalue weighted by Crippen LogP contribution is 2.39. The summed E-state index contributed by atoms with van der Waals surface area (Å²) in [5.41, 5.74) is 0.738. The highest BCUT2D eigenvalue weighted by atomic mass is 19.1. The van der Waals surface area contributed by atoms with E-state index in [0.29, 0.717) is 25.2 Å². The van der Waals surface area contributed by atoms with Crippen molar-refractivity contribution < 1.29 is 17.9 Å². The summed E-state index contributed by atoms with van der Waals surface area (Å²) in [6.45, 7) is 3.98. The van der Waals surface area contributed by atoms with Crippen molar-refractivity contribution in [2.75, 3.05) is 6.61 Å². The molecular weight excluding hydrogens is 349 g/mol. The molecule has 3 rings (SSSR count). The number of hydrogen-bond donors (Lipinski definition) is 0. The lowest BCUT2D eigenvalue weighted by Crippen LogP contribution is -2.16. The van der Waals surface area contributed by atoms with Crippen LogP contribution < -0.4 is 4.74 Å². The minimum atomic E-state index is -0.628. The van der Waals surface area contributed by atoms with Gasteiger partial charge in [0.2, 0.25) is 0 Å². The SMILES string of the molecule is C=CCC[C@H]1CC[C@H](c2cc(F)c(OCC3CC=C(F)CC3)c(F)c2)CC1. The molecule has 27 heavy (non-hydrogen) atoms. The van der Waals surface area contributed by atoms with Gasteiger partial charge in [0.1, 0.15) is 0 Å². The predicted molar refractivity (Wildman–Crippen MR) is 103 cm³/mol. The van der Waals surface area contributed by atoms with E-state index in [4.69, 9.17) is 4.74 Å². The maximum atomic E-state index is 14.5. The third-order valence-corrected chi connectivity index (χ3v) is 6.05. The number of allylic oxidation sites excluding steroid dienone is 3. The standard InChI is InChI=1S/C23H29F3O/c1-2-3-4-16-5-9-18(10-6-16)19-13-21(25)23(22(26)14-19)27-15-17-7-11-20(24)12-8-17/h2,11,13-14,16-18H,1,3-10,12,15H2/t16-,17?,18-. The van der Waals surface area contributed by atoms with E-state index >= 15 is 0 Å². The Hall–Kier alpha value is -1.71. The lowest BCUT2D eigenvalue weighted by atomic mass is 9.77. The molecule has 0 aromatic heterocycles. The number of benzene rings is 1. The molecule has 0 heterocycles. The summed E-state index contributed by atoms with van der Waals surface area (Å²) < 4.78 is 47.4. The molecule has 1 unspecified atom stereocenters. The van der Waals surface area contributed by atoms with Crippen molar-refractivity contribution in [3.63, 3.8) is 0 Å². The molecule has 0 amide bonds. The molecule has 2 aliphatic carbocycles. The molecule has 0 bridgehead atoms. The van der Waals surface area contributed by atoms with E-state index < -0.39 is 11.6 Å². The molecule has 1 nitrogen and oxygen atoms in total. The van der Waals surface area contributed by atoms with Crippen molar-refractivity contribution in [1.82, 2.24) is 0 Å². The Kier molecular flexibility index (Phi) is 7.03. The zero-order chi connectivity index (χ0) is 19.2. The van der Waals surface area contributed by atoms with Crippen LogP contribution in [0.2, 0.25) is 0 Å². The maximum absolute atomic E-state index is 14.5. The average molecular weight is 378 g/mol. The van der Waals surface area contributed by atoms with E-state index in [2.05, 4.69) is 6.58 Å². The molecule has 0 N–H and O–H groups in total. The van der Waals surface area contributed by atoms with Crippen molar-refractivity contribution in [3.05, 3.63) is 53.9 Å². The second-order valence-corrected chi connectivity index (χ2v) is 8.00. The van der Waals surface area contributed by atoms with Gasteiger partial charge in [0.25, 0.3) is 0 Å². The normalized spacial score (nSPS) is 25.7. The molecule has 1 atom stereocenters. The highest BCUT2D eigenvalue weighted by molar-refractivity contribution is 5.33. The molecule has 1 aromatic carbocycles. The molecule has 0 spiro atoms. The van der Waals surface area contributed by atoms with E-state index in [1.165, 1.54) is 12.1 Å². The van der Waals surface area contributed by atoms with E-state index in [-0.39, 0.29) is 30.0 Å². The fourth-order valence-electron chi connectivity index (χ4n) is 4.30. The van der Waals surface area contributed by atoms with Gasteiger partial charge in [0.05, 0.1) is 12.4 Å². The first-order valence-electron chi connectivity index (χ1n) is 10.1. The molecule has 148 valence electrons. The predicted octanol–water partition coefficient (Wildman–Crippen LogP) is 7.24. The first-order valence-corrected chi connectivity index (χ1v) is 10.1. The van der Waals surface area contributed by atoms with Gasteiger partial charge in [-0.15, -0.1) is 6.58 Å². The zero-order valence-electron chi connectivity index (χ0n) is 15.9. The van der Waals surface area contributed by atoms with Crippen LogP contribution in [-0.4, -0.2) is 6.61 Å². The van der Waals surface area contributed by atoms with Crippen molar-refractivity contribution in [3.8, 4) is 5.75 Å². The molecule has 2 aliphatic rings. The smallest absolute Gasteiger partial charge is 0.190 e. The lowest BCUT2D eigenvalue weighted by Gasteiger charge is -2.29. The van der Waals surface area contributed by atoms with Crippen molar-refractivity contribution in [2.24, 2.45) is 11.8 Å². The van der Waals surface area contributed by atoms with E-state index in [1.54, 1.807) is 6.08 Å².